The van der Waals surface area contributed by atoms with Crippen molar-refractivity contribution in [3.05, 3.63) is 54.2 Å². The van der Waals surface area contributed by atoms with Crippen LogP contribution in [-0.4, -0.2) is 25.0 Å². The molecule has 0 aliphatic rings. The van der Waals surface area contributed by atoms with Crippen molar-refractivity contribution in [1.82, 2.24) is 4.57 Å². The van der Waals surface area contributed by atoms with E-state index in [1.165, 1.54) is 0 Å². The largest absolute Gasteiger partial charge is 0.344 e. The summed E-state index contributed by atoms with van der Waals surface area (Å²) in [6.07, 6.45) is 3.19. The summed E-state index contributed by atoms with van der Waals surface area (Å²) in [6.45, 7) is 5.71. The zero-order chi connectivity index (χ0) is 19.1. The predicted octanol–water partition coefficient (Wildman–Crippen LogP) is 4.46. The molecule has 0 radical (unpaired) electrons. The number of sulfonamides is 1. The minimum atomic E-state index is -3.34. The van der Waals surface area contributed by atoms with Gasteiger partial charge in [0.1, 0.15) is 0 Å². The fourth-order valence-corrected chi connectivity index (χ4v) is 3.65. The van der Waals surface area contributed by atoms with E-state index in [0.717, 1.165) is 28.3 Å². The molecular formula is C20H22N2O3S. The molecule has 0 unspecified atom stereocenters. The van der Waals surface area contributed by atoms with Crippen LogP contribution in [0.1, 0.15) is 37.2 Å². The van der Waals surface area contributed by atoms with E-state index < -0.39 is 10.0 Å². The van der Waals surface area contributed by atoms with Gasteiger partial charge in [0, 0.05) is 28.8 Å². The number of rotatable bonds is 5. The minimum absolute atomic E-state index is 0.0269. The molecule has 0 saturated heterocycles. The lowest BCUT2D eigenvalue weighted by Crippen LogP contribution is -2.09. The second-order valence-electron chi connectivity index (χ2n) is 6.79. The highest BCUT2D eigenvalue weighted by molar-refractivity contribution is 7.92. The third-order valence-corrected chi connectivity index (χ3v) is 4.88. The van der Waals surface area contributed by atoms with E-state index >= 15 is 0 Å². The molecule has 0 spiro atoms. The molecule has 5 nitrogen and oxygen atoms in total. The third-order valence-electron chi connectivity index (χ3n) is 4.27. The molecule has 26 heavy (non-hydrogen) atoms. The molecular weight excluding hydrogens is 348 g/mol. The monoisotopic (exact) mass is 370 g/mol. The van der Waals surface area contributed by atoms with Crippen LogP contribution in [0.15, 0.2) is 48.7 Å². The Balaban J connectivity index is 2.21. The first-order chi connectivity index (χ1) is 12.2. The summed E-state index contributed by atoms with van der Waals surface area (Å²) in [7, 11) is -3.34. The Kier molecular flexibility index (Phi) is 4.63. The Morgan fingerprint density at radius 2 is 1.85 bits per heavy atom. The summed E-state index contributed by atoms with van der Waals surface area (Å²) in [5.74, 6) is 0.0269. The zero-order valence-corrected chi connectivity index (χ0v) is 16.1. The van der Waals surface area contributed by atoms with E-state index in [2.05, 4.69) is 29.3 Å². The molecule has 3 rings (SSSR count). The van der Waals surface area contributed by atoms with Crippen molar-refractivity contribution in [3.63, 3.8) is 0 Å². The highest BCUT2D eigenvalue weighted by Crippen LogP contribution is 2.34. The zero-order valence-electron chi connectivity index (χ0n) is 15.3. The van der Waals surface area contributed by atoms with Gasteiger partial charge >= 0.3 is 0 Å². The summed E-state index contributed by atoms with van der Waals surface area (Å²) in [4.78, 5) is 11.7. The molecule has 3 aromatic rings. The van der Waals surface area contributed by atoms with E-state index in [-0.39, 0.29) is 11.8 Å². The number of carbonyl (C=O) groups excluding carboxylic acids is 1. The average molecular weight is 370 g/mol. The highest BCUT2D eigenvalue weighted by atomic mass is 32.2. The average Bonchev–Trinajstić information content (AvgIpc) is 2.92. The second-order valence-corrected chi connectivity index (χ2v) is 8.54. The first-order valence-electron chi connectivity index (χ1n) is 8.39. The molecule has 1 heterocycles. The molecule has 2 aromatic carbocycles. The van der Waals surface area contributed by atoms with Crippen LogP contribution in [0, 0.1) is 0 Å². The van der Waals surface area contributed by atoms with Gasteiger partial charge in [0.05, 0.1) is 17.5 Å². The van der Waals surface area contributed by atoms with Crippen LogP contribution in [0.3, 0.4) is 0 Å². The number of fused-ring (bicyclic) bond motifs is 1. The number of Topliss-reactive ketones (excluding diaryl/α,β-unsaturated/α-hetero) is 1. The maximum Gasteiger partial charge on any atom is 0.229 e. The summed E-state index contributed by atoms with van der Waals surface area (Å²) in [5, 5.41) is 1.01. The van der Waals surface area contributed by atoms with Gasteiger partial charge in [-0.25, -0.2) is 8.42 Å². The van der Waals surface area contributed by atoms with Crippen LogP contribution >= 0.6 is 0 Å². The Bertz CT molecular complexity index is 1100. The maximum absolute atomic E-state index is 11.7. The van der Waals surface area contributed by atoms with Crippen molar-refractivity contribution in [1.29, 1.82) is 0 Å². The summed E-state index contributed by atoms with van der Waals surface area (Å²) in [5.41, 5.74) is 4.12. The lowest BCUT2D eigenvalue weighted by atomic mass is 10.0. The number of aromatic nitrogens is 1. The van der Waals surface area contributed by atoms with Crippen LogP contribution in [0.25, 0.3) is 22.0 Å². The Morgan fingerprint density at radius 1 is 1.12 bits per heavy atom. The molecule has 6 heteroatoms. The maximum atomic E-state index is 11.7. The third kappa shape index (κ3) is 3.65. The molecule has 136 valence electrons. The van der Waals surface area contributed by atoms with Crippen LogP contribution < -0.4 is 4.72 Å². The molecule has 0 fully saturated rings. The van der Waals surface area contributed by atoms with Crippen molar-refractivity contribution in [2.45, 2.75) is 26.8 Å². The Labute approximate surface area is 153 Å². The number of anilines is 1. The van der Waals surface area contributed by atoms with Gasteiger partial charge in [-0.15, -0.1) is 0 Å². The number of hydrogen-bond acceptors (Lipinski definition) is 3. The summed E-state index contributed by atoms with van der Waals surface area (Å²) in [6, 6.07) is 13.3. The Hall–Kier alpha value is -2.60. The lowest BCUT2D eigenvalue weighted by Gasteiger charge is -2.10. The van der Waals surface area contributed by atoms with Crippen molar-refractivity contribution in [2.24, 2.45) is 0 Å². The van der Waals surface area contributed by atoms with Crippen LogP contribution in [0.4, 0.5) is 5.69 Å². The molecule has 0 aliphatic carbocycles. The lowest BCUT2D eigenvalue weighted by molar-refractivity contribution is 0.101. The number of hydrogen-bond donors (Lipinski definition) is 1. The van der Waals surface area contributed by atoms with Crippen molar-refractivity contribution >= 4 is 32.4 Å². The van der Waals surface area contributed by atoms with E-state index in [4.69, 9.17) is 0 Å². The van der Waals surface area contributed by atoms with E-state index in [9.17, 15) is 13.2 Å². The predicted molar refractivity (Wildman–Crippen MR) is 106 cm³/mol. The fourth-order valence-electron chi connectivity index (χ4n) is 3.09. The summed E-state index contributed by atoms with van der Waals surface area (Å²) >= 11 is 0. The van der Waals surface area contributed by atoms with Gasteiger partial charge in [-0.05, 0) is 44.5 Å². The van der Waals surface area contributed by atoms with Crippen molar-refractivity contribution in [3.8, 4) is 11.1 Å². The van der Waals surface area contributed by atoms with E-state index in [0.29, 0.717) is 11.3 Å². The number of benzene rings is 2. The van der Waals surface area contributed by atoms with Gasteiger partial charge in [0.15, 0.2) is 5.78 Å². The normalized spacial score (nSPS) is 11.9. The molecule has 1 N–H and O–H groups in total. The van der Waals surface area contributed by atoms with Gasteiger partial charge in [0.2, 0.25) is 10.0 Å². The Morgan fingerprint density at radius 3 is 2.46 bits per heavy atom. The quantitative estimate of drug-likeness (QED) is 0.674. The standard InChI is InChI=1S/C20H22N2O3S/c1-13(2)22-12-19(16-7-5-6-15(10-16)14(3)23)18-9-8-17(11-20(18)22)21-26(4,24)25/h5-13,21H,1-4H3. The smallest absolute Gasteiger partial charge is 0.229 e. The number of carbonyl (C=O) groups is 1. The van der Waals surface area contributed by atoms with E-state index in [1.807, 2.05) is 36.4 Å². The van der Waals surface area contributed by atoms with Crippen LogP contribution in [0.2, 0.25) is 0 Å². The van der Waals surface area contributed by atoms with Gasteiger partial charge in [-0.2, -0.15) is 0 Å². The summed E-state index contributed by atoms with van der Waals surface area (Å²) < 4.78 is 27.7. The molecule has 1 aromatic heterocycles. The van der Waals surface area contributed by atoms with Gasteiger partial charge in [-0.3, -0.25) is 9.52 Å². The molecule has 0 atom stereocenters. The highest BCUT2D eigenvalue weighted by Gasteiger charge is 2.14. The van der Waals surface area contributed by atoms with Gasteiger partial charge in [-0.1, -0.05) is 24.3 Å². The molecule has 0 aliphatic heterocycles. The first kappa shape index (κ1) is 18.2. The fraction of sp³-hybridized carbons (Fsp3) is 0.250. The molecule has 0 bridgehead atoms. The van der Waals surface area contributed by atoms with Crippen LogP contribution in [0.5, 0.6) is 0 Å². The number of nitrogens with zero attached hydrogens (tertiary/aromatic N) is 1. The second kappa shape index (κ2) is 6.61. The SMILES string of the molecule is CC(=O)c1cccc(-c2cn(C(C)C)c3cc(NS(C)(=O)=O)ccc23)c1. The number of ketones is 1. The number of nitrogens with one attached hydrogen (secondary N) is 1. The van der Waals surface area contributed by atoms with Gasteiger partial charge < -0.3 is 4.57 Å². The van der Waals surface area contributed by atoms with Gasteiger partial charge in [0.25, 0.3) is 0 Å². The van der Waals surface area contributed by atoms with E-state index in [1.54, 1.807) is 13.0 Å². The van der Waals surface area contributed by atoms with Crippen molar-refractivity contribution < 1.29 is 13.2 Å². The minimum Gasteiger partial charge on any atom is -0.344 e. The first-order valence-corrected chi connectivity index (χ1v) is 10.3. The molecule has 0 saturated carbocycles. The molecule has 0 amide bonds. The van der Waals surface area contributed by atoms with Crippen LogP contribution in [-0.2, 0) is 10.0 Å². The topological polar surface area (TPSA) is 68.2 Å². The van der Waals surface area contributed by atoms with Crippen molar-refractivity contribution in [2.75, 3.05) is 11.0 Å².